The minimum Gasteiger partial charge on any atom is -0.489 e. The van der Waals surface area contributed by atoms with Crippen LogP contribution in [0.4, 0.5) is 28.0 Å². The fraction of sp³-hybridized carbons (Fsp3) is 0.250. The van der Waals surface area contributed by atoms with Crippen LogP contribution < -0.4 is 10.1 Å². The van der Waals surface area contributed by atoms with Gasteiger partial charge in [0.1, 0.15) is 17.7 Å². The molecule has 1 atom stereocenters. The normalized spacial score (nSPS) is 16.4. The number of anilines is 1. The lowest BCUT2D eigenvalue weighted by Crippen LogP contribution is -2.34. The highest BCUT2D eigenvalue weighted by molar-refractivity contribution is 5.89. The van der Waals surface area contributed by atoms with E-state index in [2.05, 4.69) is 20.0 Å². The van der Waals surface area contributed by atoms with Crippen LogP contribution in [0.15, 0.2) is 53.1 Å². The van der Waals surface area contributed by atoms with Crippen molar-refractivity contribution in [1.82, 2.24) is 15.0 Å². The monoisotopic (exact) mass is 436 g/mol. The van der Waals surface area contributed by atoms with Crippen molar-refractivity contribution >= 4 is 11.7 Å². The predicted molar refractivity (Wildman–Crippen MR) is 101 cm³/mol. The van der Waals surface area contributed by atoms with E-state index in [1.54, 1.807) is 18.2 Å². The Bertz CT molecular complexity index is 1070. The Morgan fingerprint density at radius 2 is 1.90 bits per heavy atom. The lowest BCUT2D eigenvalue weighted by atomic mass is 10.2. The van der Waals surface area contributed by atoms with Gasteiger partial charge in [0.15, 0.2) is 0 Å². The molecule has 0 saturated carbocycles. The first-order chi connectivity index (χ1) is 14.8. The average molecular weight is 436 g/mol. The third kappa shape index (κ3) is 4.76. The summed E-state index contributed by atoms with van der Waals surface area (Å²) in [7, 11) is 0. The van der Waals surface area contributed by atoms with Crippen molar-refractivity contribution in [3.63, 3.8) is 0 Å². The lowest BCUT2D eigenvalue weighted by Gasteiger charge is -2.18. The number of nitrogens with zero attached hydrogens (tertiary/aromatic N) is 3. The molecule has 0 bridgehead atoms. The van der Waals surface area contributed by atoms with Crippen molar-refractivity contribution in [2.24, 2.45) is 0 Å². The number of aromatic nitrogens is 2. The van der Waals surface area contributed by atoms with Crippen LogP contribution in [0.1, 0.15) is 12.3 Å². The molecule has 4 rings (SSSR count). The smallest absolute Gasteiger partial charge is 0.471 e. The van der Waals surface area contributed by atoms with Gasteiger partial charge in [0.05, 0.1) is 12.2 Å². The number of hydrogen-bond acceptors (Lipinski definition) is 5. The van der Waals surface area contributed by atoms with Crippen molar-refractivity contribution in [3.05, 3.63) is 60.2 Å². The van der Waals surface area contributed by atoms with Crippen LogP contribution in [-0.4, -0.2) is 40.3 Å². The number of carbonyl (C=O) groups is 1. The molecule has 1 N–H and O–H groups in total. The van der Waals surface area contributed by atoms with Crippen molar-refractivity contribution < 1.29 is 31.6 Å². The highest BCUT2D eigenvalue weighted by atomic mass is 19.4. The number of para-hydroxylation sites is 1. The SMILES string of the molecule is O=C(Nc1ccccc1F)N1CC[C@@H](Oc2ccc(-c3noc(C(F)(F)F)n3)cc2)C1. The number of amides is 2. The van der Waals surface area contributed by atoms with Gasteiger partial charge >= 0.3 is 18.1 Å². The summed E-state index contributed by atoms with van der Waals surface area (Å²) in [5.41, 5.74) is 0.437. The first kappa shape index (κ1) is 20.6. The summed E-state index contributed by atoms with van der Waals surface area (Å²) < 4.78 is 61.5. The number of likely N-dealkylation sites (tertiary alicyclic amines) is 1. The van der Waals surface area contributed by atoms with Gasteiger partial charge in [0, 0.05) is 18.5 Å². The topological polar surface area (TPSA) is 80.5 Å². The largest absolute Gasteiger partial charge is 0.489 e. The molecule has 1 saturated heterocycles. The molecule has 0 radical (unpaired) electrons. The Morgan fingerprint density at radius 3 is 2.58 bits per heavy atom. The van der Waals surface area contributed by atoms with Crippen molar-refractivity contribution in [3.8, 4) is 17.1 Å². The Morgan fingerprint density at radius 1 is 1.16 bits per heavy atom. The molecule has 2 amide bonds. The summed E-state index contributed by atoms with van der Waals surface area (Å²) in [5, 5.41) is 5.86. The average Bonchev–Trinajstić information content (AvgIpc) is 3.40. The molecular weight excluding hydrogens is 420 g/mol. The van der Waals surface area contributed by atoms with Crippen LogP contribution in [0, 0.1) is 5.82 Å². The number of carbonyl (C=O) groups excluding carboxylic acids is 1. The molecule has 11 heteroatoms. The summed E-state index contributed by atoms with van der Waals surface area (Å²) in [5.74, 6) is -1.64. The minimum absolute atomic E-state index is 0.0996. The Labute approximate surface area is 173 Å². The Hall–Kier alpha value is -3.63. The first-order valence-electron chi connectivity index (χ1n) is 9.28. The molecule has 0 spiro atoms. The van der Waals surface area contributed by atoms with Gasteiger partial charge < -0.3 is 19.5 Å². The number of ether oxygens (including phenoxy) is 1. The fourth-order valence-electron chi connectivity index (χ4n) is 3.10. The van der Waals surface area contributed by atoms with Crippen molar-refractivity contribution in [2.75, 3.05) is 18.4 Å². The quantitative estimate of drug-likeness (QED) is 0.606. The number of rotatable bonds is 4. The summed E-state index contributed by atoms with van der Waals surface area (Å²) in [6.45, 7) is 0.744. The summed E-state index contributed by atoms with van der Waals surface area (Å²) >= 11 is 0. The minimum atomic E-state index is -4.71. The molecule has 1 aromatic heterocycles. The van der Waals surface area contributed by atoms with Crippen molar-refractivity contribution in [1.29, 1.82) is 0 Å². The molecule has 31 heavy (non-hydrogen) atoms. The van der Waals surface area contributed by atoms with Crippen LogP contribution in [0.2, 0.25) is 0 Å². The number of alkyl halides is 3. The van der Waals surface area contributed by atoms with Crippen LogP contribution in [0.3, 0.4) is 0 Å². The molecule has 2 heterocycles. The van der Waals surface area contributed by atoms with E-state index in [0.717, 1.165) is 0 Å². The van der Waals surface area contributed by atoms with E-state index in [1.165, 1.54) is 35.2 Å². The maximum absolute atomic E-state index is 13.7. The number of nitrogens with one attached hydrogen (secondary N) is 1. The van der Waals surface area contributed by atoms with E-state index in [9.17, 15) is 22.4 Å². The van der Waals surface area contributed by atoms with Crippen LogP contribution in [-0.2, 0) is 6.18 Å². The first-order valence-corrected chi connectivity index (χ1v) is 9.28. The maximum Gasteiger partial charge on any atom is 0.471 e. The van der Waals surface area contributed by atoms with Crippen LogP contribution in [0.25, 0.3) is 11.4 Å². The third-order valence-corrected chi connectivity index (χ3v) is 4.63. The molecule has 1 aliphatic heterocycles. The van der Waals surface area contributed by atoms with E-state index < -0.39 is 23.9 Å². The van der Waals surface area contributed by atoms with E-state index in [-0.39, 0.29) is 17.6 Å². The zero-order valence-corrected chi connectivity index (χ0v) is 15.9. The van der Waals surface area contributed by atoms with Crippen molar-refractivity contribution in [2.45, 2.75) is 18.7 Å². The molecule has 7 nitrogen and oxygen atoms in total. The molecule has 1 fully saturated rings. The molecule has 0 aliphatic carbocycles. The van der Waals surface area contributed by atoms with Gasteiger partial charge in [-0.2, -0.15) is 18.2 Å². The van der Waals surface area contributed by atoms with Gasteiger partial charge in [-0.3, -0.25) is 0 Å². The van der Waals surface area contributed by atoms with Gasteiger partial charge in [-0.1, -0.05) is 17.3 Å². The van der Waals surface area contributed by atoms with Gasteiger partial charge in [0.2, 0.25) is 5.82 Å². The molecule has 162 valence electrons. The van der Waals surface area contributed by atoms with E-state index in [1.807, 2.05) is 0 Å². The van der Waals surface area contributed by atoms with Gasteiger partial charge in [-0.05, 0) is 36.4 Å². The number of hydrogen-bond donors (Lipinski definition) is 1. The molecule has 2 aromatic carbocycles. The second-order valence-electron chi connectivity index (χ2n) is 6.83. The summed E-state index contributed by atoms with van der Waals surface area (Å²) in [6, 6.07) is 11.6. The third-order valence-electron chi connectivity index (χ3n) is 4.63. The predicted octanol–water partition coefficient (Wildman–Crippen LogP) is 4.58. The Kier molecular flexibility index (Phi) is 5.49. The lowest BCUT2D eigenvalue weighted by molar-refractivity contribution is -0.159. The Balaban J connectivity index is 1.33. The van der Waals surface area contributed by atoms with E-state index >= 15 is 0 Å². The molecule has 1 aliphatic rings. The fourth-order valence-corrected chi connectivity index (χ4v) is 3.10. The van der Waals surface area contributed by atoms with E-state index in [0.29, 0.717) is 30.8 Å². The number of halogens is 4. The number of benzene rings is 2. The van der Waals surface area contributed by atoms with Gasteiger partial charge in [-0.15, -0.1) is 0 Å². The zero-order chi connectivity index (χ0) is 22.0. The van der Waals surface area contributed by atoms with Crippen LogP contribution in [0.5, 0.6) is 5.75 Å². The zero-order valence-electron chi connectivity index (χ0n) is 15.9. The summed E-state index contributed by atoms with van der Waals surface area (Å²) in [4.78, 5) is 17.2. The number of urea groups is 1. The highest BCUT2D eigenvalue weighted by Gasteiger charge is 2.38. The second kappa shape index (κ2) is 8.25. The van der Waals surface area contributed by atoms with Gasteiger partial charge in [0.25, 0.3) is 0 Å². The van der Waals surface area contributed by atoms with E-state index in [4.69, 9.17) is 4.74 Å². The molecule has 3 aromatic rings. The highest BCUT2D eigenvalue weighted by Crippen LogP contribution is 2.30. The molecular formula is C20H16F4N4O3. The summed E-state index contributed by atoms with van der Waals surface area (Å²) in [6.07, 6.45) is -4.41. The maximum atomic E-state index is 13.7. The second-order valence-corrected chi connectivity index (χ2v) is 6.83. The van der Waals surface area contributed by atoms with Gasteiger partial charge in [-0.25, -0.2) is 9.18 Å². The standard InChI is InChI=1S/C20H16F4N4O3/c21-15-3-1-2-4-16(15)25-19(29)28-10-9-14(11-28)30-13-7-5-12(6-8-13)17-26-18(31-27-17)20(22,23)24/h1-8,14H,9-11H2,(H,25,29)/t14-/m1/s1. The molecule has 0 unspecified atom stereocenters. The van der Waals surface area contributed by atoms with Crippen LogP contribution >= 0.6 is 0 Å².